The Morgan fingerprint density at radius 1 is 0.419 bits per heavy atom. The minimum Gasteiger partial charge on any atom is -0.0620 e. The Morgan fingerprint density at radius 2 is 0.871 bits per heavy atom. The summed E-state index contributed by atoms with van der Waals surface area (Å²) < 4.78 is 0. The van der Waals surface area contributed by atoms with Gasteiger partial charge in [-0.1, -0.05) is 84.9 Å². The fraction of sp³-hybridized carbons (Fsp3) is 0. The van der Waals surface area contributed by atoms with Crippen LogP contribution in [0.3, 0.4) is 0 Å². The predicted molar refractivity (Wildman–Crippen MR) is 136 cm³/mol. The van der Waals surface area contributed by atoms with Crippen LogP contribution in [0.2, 0.25) is 0 Å². The summed E-state index contributed by atoms with van der Waals surface area (Å²) in [6.45, 7) is 0. The van der Waals surface area contributed by atoms with Gasteiger partial charge in [-0.05, 0) is 65.2 Å². The Labute approximate surface area is 184 Å². The number of fused-ring (bicyclic) bond motifs is 1. The minimum atomic E-state index is -2.14. The maximum absolute atomic E-state index is 3.82. The van der Waals surface area contributed by atoms with Crippen LogP contribution in [0.1, 0.15) is 5.56 Å². The molecule has 5 aromatic rings. The molecule has 146 valence electrons. The molecule has 0 heterocycles. The molecule has 0 radical (unpaired) electrons. The number of benzene rings is 5. The average Bonchev–Trinajstić information content (AvgIpc) is 2.86. The summed E-state index contributed by atoms with van der Waals surface area (Å²) in [7, 11) is -2.14. The van der Waals surface area contributed by atoms with Gasteiger partial charge in [0, 0.05) is 5.56 Å². The molecule has 0 bridgehead atoms. The molecule has 0 amide bonds. The van der Waals surface area contributed by atoms with Crippen LogP contribution >= 0.6 is 7.26 Å². The summed E-state index contributed by atoms with van der Waals surface area (Å²) in [4.78, 5) is 0. The number of hydrogen-bond donors (Lipinski definition) is 0. The van der Waals surface area contributed by atoms with Crippen molar-refractivity contribution in [2.24, 2.45) is 0 Å². The first-order valence-electron chi connectivity index (χ1n) is 10.4. The molecular weight excluding hydrogens is 391 g/mol. The molecule has 0 aliphatic heterocycles. The molecule has 0 atom stereocenters. The number of rotatable bonds is 3. The van der Waals surface area contributed by atoms with E-state index in [-0.39, 0.29) is 0 Å². The second-order valence-corrected chi connectivity index (χ2v) is 10.6. The maximum Gasteiger partial charge on any atom is 0.189 e. The smallest absolute Gasteiger partial charge is 0.0620 e. The van der Waals surface area contributed by atoms with Crippen molar-refractivity contribution in [2.75, 3.05) is 0 Å². The van der Waals surface area contributed by atoms with Crippen molar-refractivity contribution in [1.29, 1.82) is 0 Å². The molecular formula is C30H22P+. The topological polar surface area (TPSA) is 0 Å². The van der Waals surface area contributed by atoms with Gasteiger partial charge in [0.2, 0.25) is 0 Å². The average molecular weight is 413 g/mol. The van der Waals surface area contributed by atoms with Gasteiger partial charge in [-0.2, -0.15) is 0 Å². The fourth-order valence-corrected chi connectivity index (χ4v) is 7.45. The first-order valence-corrected chi connectivity index (χ1v) is 12.2. The van der Waals surface area contributed by atoms with Gasteiger partial charge in [0.05, 0.1) is 5.66 Å². The van der Waals surface area contributed by atoms with Crippen molar-refractivity contribution in [3.8, 4) is 11.6 Å². The maximum atomic E-state index is 3.82. The standard InChI is InChI=1S/C30H22P/c1-4-14-28(15-5-1)31(29-16-6-2-7-17-29,30-18-8-3-9-19-30)23-22-25-20-21-26-12-10-11-13-27(26)24-25/h1-21,24H/q+1. The lowest BCUT2D eigenvalue weighted by molar-refractivity contribution is 1.70. The number of hydrogen-bond acceptors (Lipinski definition) is 0. The molecule has 0 saturated carbocycles. The lowest BCUT2D eigenvalue weighted by Gasteiger charge is -2.21. The summed E-state index contributed by atoms with van der Waals surface area (Å²) in [5, 5.41) is 6.29. The van der Waals surface area contributed by atoms with Gasteiger partial charge in [-0.3, -0.25) is 0 Å². The zero-order valence-electron chi connectivity index (χ0n) is 17.1. The van der Waals surface area contributed by atoms with Gasteiger partial charge in [-0.15, -0.1) is 0 Å². The molecule has 1 heteroatoms. The Morgan fingerprint density at radius 3 is 1.39 bits per heavy atom. The van der Waals surface area contributed by atoms with Crippen LogP contribution in [-0.4, -0.2) is 0 Å². The SMILES string of the molecule is C(#C[P+](c1ccccc1)(c1ccccc1)c1ccccc1)c1ccc2ccccc2c1. The first-order chi connectivity index (χ1) is 15.4. The van der Waals surface area contributed by atoms with E-state index >= 15 is 0 Å². The molecule has 0 saturated heterocycles. The zero-order valence-corrected chi connectivity index (χ0v) is 18.0. The molecule has 0 spiro atoms. The Bertz CT molecular complexity index is 1260. The van der Waals surface area contributed by atoms with Crippen LogP contribution in [0.25, 0.3) is 10.8 Å². The molecule has 5 aromatic carbocycles. The van der Waals surface area contributed by atoms with Gasteiger partial charge in [-0.25, -0.2) is 0 Å². The van der Waals surface area contributed by atoms with Crippen molar-refractivity contribution < 1.29 is 0 Å². The van der Waals surface area contributed by atoms with Gasteiger partial charge in [0.15, 0.2) is 7.26 Å². The summed E-state index contributed by atoms with van der Waals surface area (Å²) in [6, 6.07) is 47.2. The third kappa shape index (κ3) is 3.77. The van der Waals surface area contributed by atoms with E-state index in [4.69, 9.17) is 0 Å². The van der Waals surface area contributed by atoms with E-state index in [2.05, 4.69) is 145 Å². The Balaban J connectivity index is 1.77. The summed E-state index contributed by atoms with van der Waals surface area (Å²) in [5.41, 5.74) is 4.87. The van der Waals surface area contributed by atoms with E-state index in [1.54, 1.807) is 0 Å². The minimum absolute atomic E-state index is 1.05. The molecule has 31 heavy (non-hydrogen) atoms. The van der Waals surface area contributed by atoms with Crippen LogP contribution < -0.4 is 15.9 Å². The largest absolute Gasteiger partial charge is 0.189 e. The van der Waals surface area contributed by atoms with Crippen LogP contribution in [0.4, 0.5) is 0 Å². The highest BCUT2D eigenvalue weighted by Gasteiger charge is 2.44. The molecule has 5 rings (SSSR count). The summed E-state index contributed by atoms with van der Waals surface area (Å²) in [5.74, 6) is 3.57. The quantitative estimate of drug-likeness (QED) is 0.246. The Hall–Kier alpha value is -3.65. The van der Waals surface area contributed by atoms with Crippen molar-refractivity contribution in [1.82, 2.24) is 0 Å². The molecule has 0 fully saturated rings. The second-order valence-electron chi connectivity index (χ2n) is 7.48. The van der Waals surface area contributed by atoms with Crippen molar-refractivity contribution in [3.05, 3.63) is 139 Å². The highest BCUT2D eigenvalue weighted by molar-refractivity contribution is 7.99. The molecule has 0 nitrogen and oxygen atoms in total. The van der Waals surface area contributed by atoms with E-state index in [0.29, 0.717) is 0 Å². The van der Waals surface area contributed by atoms with Crippen molar-refractivity contribution in [2.45, 2.75) is 0 Å². The van der Waals surface area contributed by atoms with E-state index in [1.807, 2.05) is 0 Å². The van der Waals surface area contributed by atoms with Crippen molar-refractivity contribution >= 4 is 33.9 Å². The molecule has 0 unspecified atom stereocenters. The molecule has 0 aliphatic rings. The van der Waals surface area contributed by atoms with Gasteiger partial charge in [0.1, 0.15) is 15.9 Å². The predicted octanol–water partition coefficient (Wildman–Crippen LogP) is 6.14. The first kappa shape index (κ1) is 19.3. The third-order valence-corrected chi connectivity index (χ3v) is 9.21. The summed E-state index contributed by atoms with van der Waals surface area (Å²) in [6.07, 6.45) is 0. The highest BCUT2D eigenvalue weighted by atomic mass is 31.2. The van der Waals surface area contributed by atoms with Crippen LogP contribution in [0, 0.1) is 11.6 Å². The normalized spacial score (nSPS) is 11.0. The van der Waals surface area contributed by atoms with E-state index in [9.17, 15) is 0 Å². The van der Waals surface area contributed by atoms with Crippen LogP contribution in [0.15, 0.2) is 133 Å². The van der Waals surface area contributed by atoms with Gasteiger partial charge >= 0.3 is 0 Å². The van der Waals surface area contributed by atoms with Gasteiger partial charge < -0.3 is 0 Å². The molecule has 0 aliphatic carbocycles. The summed E-state index contributed by atoms with van der Waals surface area (Å²) >= 11 is 0. The Kier molecular flexibility index (Phi) is 5.37. The lowest BCUT2D eigenvalue weighted by atomic mass is 10.1. The van der Waals surface area contributed by atoms with E-state index in [0.717, 1.165) is 5.56 Å². The van der Waals surface area contributed by atoms with Crippen molar-refractivity contribution in [3.63, 3.8) is 0 Å². The van der Waals surface area contributed by atoms with E-state index in [1.165, 1.54) is 26.7 Å². The lowest BCUT2D eigenvalue weighted by Crippen LogP contribution is -2.29. The third-order valence-electron chi connectivity index (χ3n) is 5.55. The molecule has 0 N–H and O–H groups in total. The van der Waals surface area contributed by atoms with E-state index < -0.39 is 7.26 Å². The highest BCUT2D eigenvalue weighted by Crippen LogP contribution is 2.54. The molecule has 0 aromatic heterocycles. The van der Waals surface area contributed by atoms with Crippen LogP contribution in [-0.2, 0) is 0 Å². The zero-order chi connectivity index (χ0) is 20.9. The second kappa shape index (κ2) is 8.61. The van der Waals surface area contributed by atoms with Crippen LogP contribution in [0.5, 0.6) is 0 Å². The fourth-order valence-electron chi connectivity index (χ4n) is 4.01. The monoisotopic (exact) mass is 413 g/mol. The van der Waals surface area contributed by atoms with Gasteiger partial charge in [0.25, 0.3) is 0 Å².